The summed E-state index contributed by atoms with van der Waals surface area (Å²) in [5, 5.41) is 2.89. The van der Waals surface area contributed by atoms with E-state index in [4.69, 9.17) is 4.74 Å². The fraction of sp³-hybridized carbons (Fsp3) is 0.278. The van der Waals surface area contributed by atoms with Gasteiger partial charge in [-0.3, -0.25) is 4.79 Å². The zero-order valence-corrected chi connectivity index (χ0v) is 12.6. The van der Waals surface area contributed by atoms with Crippen molar-refractivity contribution in [1.82, 2.24) is 5.32 Å². The summed E-state index contributed by atoms with van der Waals surface area (Å²) in [6.45, 7) is 1.27. The summed E-state index contributed by atoms with van der Waals surface area (Å²) < 4.78 is 31.9. The third-order valence-electron chi connectivity index (χ3n) is 3.92. The first kappa shape index (κ1) is 15.6. The molecule has 1 N–H and O–H groups in total. The van der Waals surface area contributed by atoms with Gasteiger partial charge in [-0.25, -0.2) is 8.78 Å². The van der Waals surface area contributed by atoms with E-state index >= 15 is 0 Å². The van der Waals surface area contributed by atoms with E-state index in [1.54, 1.807) is 0 Å². The topological polar surface area (TPSA) is 38.3 Å². The number of halogens is 2. The first-order valence-electron chi connectivity index (χ1n) is 7.41. The average molecular weight is 317 g/mol. The Labute approximate surface area is 133 Å². The zero-order chi connectivity index (χ0) is 16.4. The van der Waals surface area contributed by atoms with Crippen molar-refractivity contribution in [2.45, 2.75) is 25.0 Å². The summed E-state index contributed by atoms with van der Waals surface area (Å²) in [7, 11) is 0. The van der Waals surface area contributed by atoms with Gasteiger partial charge in [0, 0.05) is 18.1 Å². The first-order chi connectivity index (χ1) is 10.9. The molecule has 0 spiro atoms. The Morgan fingerprint density at radius 2 is 1.78 bits per heavy atom. The molecule has 0 saturated carbocycles. The minimum atomic E-state index is -2.91. The molecule has 0 unspecified atom stereocenters. The third-order valence-corrected chi connectivity index (χ3v) is 3.92. The number of alkyl halides is 2. The molecule has 2 atom stereocenters. The van der Waals surface area contributed by atoms with Crippen LogP contribution in [-0.4, -0.2) is 18.6 Å². The van der Waals surface area contributed by atoms with Crippen molar-refractivity contribution in [3.63, 3.8) is 0 Å². The Hall–Kier alpha value is -2.27. The minimum Gasteiger partial charge on any atom is -0.369 e. The predicted molar refractivity (Wildman–Crippen MR) is 82.4 cm³/mol. The Kier molecular flexibility index (Phi) is 4.13. The van der Waals surface area contributed by atoms with Gasteiger partial charge in [-0.15, -0.1) is 0 Å². The van der Waals surface area contributed by atoms with Gasteiger partial charge in [-0.05, 0) is 17.7 Å². The molecule has 3 rings (SSSR count). The summed E-state index contributed by atoms with van der Waals surface area (Å²) in [5.41, 5.74) is 1.25. The Bertz CT molecular complexity index is 680. The quantitative estimate of drug-likeness (QED) is 0.934. The van der Waals surface area contributed by atoms with Gasteiger partial charge in [0.1, 0.15) is 6.10 Å². The van der Waals surface area contributed by atoms with Gasteiger partial charge in [0.05, 0.1) is 12.6 Å². The molecule has 1 amide bonds. The summed E-state index contributed by atoms with van der Waals surface area (Å²) in [5.74, 6) is -3.19. The van der Waals surface area contributed by atoms with Crippen LogP contribution in [0.4, 0.5) is 8.78 Å². The highest BCUT2D eigenvalue weighted by atomic mass is 19.3. The van der Waals surface area contributed by atoms with Crippen LogP contribution >= 0.6 is 0 Å². The molecule has 23 heavy (non-hydrogen) atoms. The molecule has 3 nitrogen and oxygen atoms in total. The molecule has 1 aliphatic rings. The normalized spacial score (nSPS) is 20.7. The number of carbonyl (C=O) groups excluding carboxylic acids is 1. The molecule has 2 aromatic rings. The molecule has 0 bridgehead atoms. The monoisotopic (exact) mass is 317 g/mol. The van der Waals surface area contributed by atoms with Crippen LogP contribution in [0.5, 0.6) is 0 Å². The van der Waals surface area contributed by atoms with Crippen molar-refractivity contribution < 1.29 is 18.3 Å². The van der Waals surface area contributed by atoms with E-state index in [9.17, 15) is 13.6 Å². The number of amides is 1. The largest absolute Gasteiger partial charge is 0.369 e. The molecule has 5 heteroatoms. The van der Waals surface area contributed by atoms with Crippen LogP contribution in [0.2, 0.25) is 0 Å². The number of carbonyl (C=O) groups is 1. The van der Waals surface area contributed by atoms with Gasteiger partial charge in [-0.1, -0.05) is 42.5 Å². The molecular weight excluding hydrogens is 300 g/mol. The molecule has 0 aromatic heterocycles. The summed E-state index contributed by atoms with van der Waals surface area (Å²) in [4.78, 5) is 12.2. The van der Waals surface area contributed by atoms with E-state index in [2.05, 4.69) is 5.32 Å². The van der Waals surface area contributed by atoms with Crippen molar-refractivity contribution in [1.29, 1.82) is 0 Å². The van der Waals surface area contributed by atoms with Crippen LogP contribution in [-0.2, 0) is 10.7 Å². The number of hydrogen-bond donors (Lipinski definition) is 1. The van der Waals surface area contributed by atoms with E-state index < -0.39 is 5.92 Å². The molecular formula is C18H17F2NO2. The van der Waals surface area contributed by atoms with Gasteiger partial charge in [-0.2, -0.15) is 0 Å². The standard InChI is InChI=1S/C18H17F2NO2/c1-18(19,20)14-9-7-13(8-10-14)17(22)21-15-11-23-16(15)12-5-3-2-4-6-12/h2-10,15-16H,11H2,1H3,(H,21,22)/t15-,16+/m1/s1. The van der Waals surface area contributed by atoms with E-state index in [1.807, 2.05) is 30.3 Å². The number of nitrogens with one attached hydrogen (secondary N) is 1. The van der Waals surface area contributed by atoms with Crippen molar-refractivity contribution >= 4 is 5.91 Å². The average Bonchev–Trinajstić information content (AvgIpc) is 2.51. The number of rotatable bonds is 4. The van der Waals surface area contributed by atoms with Crippen molar-refractivity contribution in [2.24, 2.45) is 0 Å². The molecule has 1 aliphatic heterocycles. The van der Waals surface area contributed by atoms with Gasteiger partial charge < -0.3 is 10.1 Å². The highest BCUT2D eigenvalue weighted by Gasteiger charge is 2.34. The Morgan fingerprint density at radius 1 is 1.13 bits per heavy atom. The fourth-order valence-electron chi connectivity index (χ4n) is 2.54. The second-order valence-electron chi connectivity index (χ2n) is 5.71. The molecule has 0 radical (unpaired) electrons. The molecule has 120 valence electrons. The highest BCUT2D eigenvalue weighted by Crippen LogP contribution is 2.30. The lowest BCUT2D eigenvalue weighted by Crippen LogP contribution is -2.50. The second kappa shape index (κ2) is 6.08. The maximum absolute atomic E-state index is 13.2. The van der Waals surface area contributed by atoms with Gasteiger partial charge in [0.25, 0.3) is 11.8 Å². The maximum Gasteiger partial charge on any atom is 0.270 e. The fourth-order valence-corrected chi connectivity index (χ4v) is 2.54. The number of benzene rings is 2. The van der Waals surface area contributed by atoms with Crippen LogP contribution in [0.1, 0.15) is 34.5 Å². The van der Waals surface area contributed by atoms with Crippen LogP contribution in [0.25, 0.3) is 0 Å². The van der Waals surface area contributed by atoms with Gasteiger partial charge >= 0.3 is 0 Å². The van der Waals surface area contributed by atoms with Gasteiger partial charge in [0.2, 0.25) is 0 Å². The predicted octanol–water partition coefficient (Wildman–Crippen LogP) is 3.67. The first-order valence-corrected chi connectivity index (χ1v) is 7.41. The van der Waals surface area contributed by atoms with E-state index in [-0.39, 0.29) is 23.6 Å². The molecule has 2 aromatic carbocycles. The van der Waals surface area contributed by atoms with E-state index in [0.29, 0.717) is 12.2 Å². The van der Waals surface area contributed by atoms with Crippen LogP contribution in [0.15, 0.2) is 54.6 Å². The van der Waals surface area contributed by atoms with Crippen LogP contribution < -0.4 is 5.32 Å². The second-order valence-corrected chi connectivity index (χ2v) is 5.71. The van der Waals surface area contributed by atoms with Crippen LogP contribution in [0, 0.1) is 0 Å². The van der Waals surface area contributed by atoms with E-state index in [1.165, 1.54) is 24.3 Å². The van der Waals surface area contributed by atoms with Crippen molar-refractivity contribution in [3.05, 3.63) is 71.3 Å². The molecule has 1 fully saturated rings. The number of ether oxygens (including phenoxy) is 1. The van der Waals surface area contributed by atoms with Crippen molar-refractivity contribution in [2.75, 3.05) is 6.61 Å². The Morgan fingerprint density at radius 3 is 2.30 bits per heavy atom. The lowest BCUT2D eigenvalue weighted by atomic mass is 9.98. The SMILES string of the molecule is CC(F)(F)c1ccc(C(=O)N[C@@H]2CO[C@H]2c2ccccc2)cc1. The number of hydrogen-bond acceptors (Lipinski definition) is 2. The third kappa shape index (κ3) is 3.40. The summed E-state index contributed by atoms with van der Waals surface area (Å²) >= 11 is 0. The zero-order valence-electron chi connectivity index (χ0n) is 12.6. The maximum atomic E-state index is 13.2. The molecule has 0 aliphatic carbocycles. The lowest BCUT2D eigenvalue weighted by molar-refractivity contribution is -0.0860. The van der Waals surface area contributed by atoms with Gasteiger partial charge in [0.15, 0.2) is 0 Å². The highest BCUT2D eigenvalue weighted by molar-refractivity contribution is 5.94. The van der Waals surface area contributed by atoms with Crippen molar-refractivity contribution in [3.8, 4) is 0 Å². The summed E-state index contributed by atoms with van der Waals surface area (Å²) in [6, 6.07) is 14.9. The molecule has 1 saturated heterocycles. The van der Waals surface area contributed by atoms with Crippen LogP contribution in [0.3, 0.4) is 0 Å². The Balaban J connectivity index is 1.65. The van der Waals surface area contributed by atoms with E-state index in [0.717, 1.165) is 12.5 Å². The smallest absolute Gasteiger partial charge is 0.270 e. The lowest BCUT2D eigenvalue weighted by Gasteiger charge is -2.37. The minimum absolute atomic E-state index is 0.108. The molecule has 1 heterocycles. The summed E-state index contributed by atoms with van der Waals surface area (Å²) in [6.07, 6.45) is -0.167.